The Kier molecular flexibility index (Phi) is 5.53. The monoisotopic (exact) mass is 290 g/mol. The van der Waals surface area contributed by atoms with Crippen LogP contribution in [-0.4, -0.2) is 29.5 Å². The lowest BCUT2D eigenvalue weighted by Crippen LogP contribution is -2.31. The van der Waals surface area contributed by atoms with Crippen molar-refractivity contribution in [3.05, 3.63) is 17.7 Å². The summed E-state index contributed by atoms with van der Waals surface area (Å²) in [5.41, 5.74) is 1.13. The lowest BCUT2D eigenvalue weighted by atomic mass is 9.89. The van der Waals surface area contributed by atoms with Gasteiger partial charge < -0.3 is 10.6 Å². The molecule has 1 aliphatic carbocycles. The molecule has 0 atom stereocenters. The second-order valence-corrected chi connectivity index (χ2v) is 6.11. The van der Waals surface area contributed by atoms with Crippen molar-refractivity contribution in [1.82, 2.24) is 15.3 Å². The minimum Gasteiger partial charge on any atom is -0.385 e. The molecule has 1 aromatic rings. The van der Waals surface area contributed by atoms with Gasteiger partial charge in [0.05, 0.1) is 11.9 Å². The summed E-state index contributed by atoms with van der Waals surface area (Å²) in [6.45, 7) is 4.80. The minimum atomic E-state index is -0.103. The normalized spacial score (nSPS) is 16.0. The quantitative estimate of drug-likeness (QED) is 0.875. The molecule has 2 rings (SSSR count). The van der Waals surface area contributed by atoms with Gasteiger partial charge in [-0.15, -0.1) is 0 Å². The Labute approximate surface area is 127 Å². The first kappa shape index (κ1) is 15.7. The van der Waals surface area contributed by atoms with Crippen LogP contribution in [0.2, 0.25) is 0 Å². The van der Waals surface area contributed by atoms with Crippen molar-refractivity contribution in [2.45, 2.75) is 51.9 Å². The SMILES string of the molecule is CNc1cnc(C(C)C)nc1C(=O)NCC1CCCCC1. The average molecular weight is 290 g/mol. The molecule has 1 heterocycles. The van der Waals surface area contributed by atoms with E-state index < -0.39 is 0 Å². The van der Waals surface area contributed by atoms with Gasteiger partial charge in [0.2, 0.25) is 0 Å². The molecule has 1 saturated carbocycles. The largest absolute Gasteiger partial charge is 0.385 e. The summed E-state index contributed by atoms with van der Waals surface area (Å²) < 4.78 is 0. The van der Waals surface area contributed by atoms with Gasteiger partial charge in [-0.1, -0.05) is 33.1 Å². The molecule has 0 bridgehead atoms. The zero-order valence-corrected chi connectivity index (χ0v) is 13.3. The summed E-state index contributed by atoms with van der Waals surface area (Å²) in [6, 6.07) is 0. The lowest BCUT2D eigenvalue weighted by Gasteiger charge is -2.22. The zero-order valence-electron chi connectivity index (χ0n) is 13.3. The number of hydrogen-bond acceptors (Lipinski definition) is 4. The van der Waals surface area contributed by atoms with E-state index in [9.17, 15) is 4.79 Å². The Hall–Kier alpha value is -1.65. The summed E-state index contributed by atoms with van der Waals surface area (Å²) in [4.78, 5) is 21.1. The molecule has 1 fully saturated rings. The van der Waals surface area contributed by atoms with Crippen LogP contribution in [0.5, 0.6) is 0 Å². The number of nitrogens with one attached hydrogen (secondary N) is 2. The molecule has 21 heavy (non-hydrogen) atoms. The van der Waals surface area contributed by atoms with E-state index in [-0.39, 0.29) is 11.8 Å². The Balaban J connectivity index is 2.04. The smallest absolute Gasteiger partial charge is 0.272 e. The number of anilines is 1. The number of carbonyl (C=O) groups is 1. The zero-order chi connectivity index (χ0) is 15.2. The molecule has 5 nitrogen and oxygen atoms in total. The fourth-order valence-corrected chi connectivity index (χ4v) is 2.74. The van der Waals surface area contributed by atoms with E-state index in [1.807, 2.05) is 13.8 Å². The second-order valence-electron chi connectivity index (χ2n) is 6.11. The molecule has 0 aliphatic heterocycles. The predicted molar refractivity (Wildman–Crippen MR) is 84.6 cm³/mol. The van der Waals surface area contributed by atoms with Gasteiger partial charge >= 0.3 is 0 Å². The molecular formula is C16H26N4O. The fraction of sp³-hybridized carbons (Fsp3) is 0.688. The first-order chi connectivity index (χ1) is 10.1. The molecule has 0 unspecified atom stereocenters. The molecule has 0 radical (unpaired) electrons. The van der Waals surface area contributed by atoms with Crippen molar-refractivity contribution in [2.24, 2.45) is 5.92 Å². The standard InChI is InChI=1S/C16H26N4O/c1-11(2)15-18-10-13(17-3)14(20-15)16(21)19-9-12-7-5-4-6-8-12/h10-12,17H,4-9H2,1-3H3,(H,19,21). The fourth-order valence-electron chi connectivity index (χ4n) is 2.74. The predicted octanol–water partition coefficient (Wildman–Crippen LogP) is 2.95. The number of amides is 1. The molecular weight excluding hydrogens is 264 g/mol. The first-order valence-corrected chi connectivity index (χ1v) is 7.94. The third-order valence-electron chi connectivity index (χ3n) is 4.08. The summed E-state index contributed by atoms with van der Waals surface area (Å²) in [5, 5.41) is 6.04. The summed E-state index contributed by atoms with van der Waals surface area (Å²) in [6.07, 6.45) is 8.04. The number of nitrogens with zero attached hydrogens (tertiary/aromatic N) is 2. The van der Waals surface area contributed by atoms with Gasteiger partial charge in [0.15, 0.2) is 5.69 Å². The van der Waals surface area contributed by atoms with E-state index in [4.69, 9.17) is 0 Å². The molecule has 1 aromatic heterocycles. The van der Waals surface area contributed by atoms with Gasteiger partial charge in [0.1, 0.15) is 5.82 Å². The van der Waals surface area contributed by atoms with E-state index >= 15 is 0 Å². The number of hydrogen-bond donors (Lipinski definition) is 2. The van der Waals surface area contributed by atoms with Crippen LogP contribution in [0.3, 0.4) is 0 Å². The Morgan fingerprint density at radius 2 is 2.05 bits per heavy atom. The van der Waals surface area contributed by atoms with Crippen LogP contribution in [-0.2, 0) is 0 Å². The molecule has 0 aromatic carbocycles. The van der Waals surface area contributed by atoms with Crippen LogP contribution < -0.4 is 10.6 Å². The van der Waals surface area contributed by atoms with Crippen LogP contribution in [0, 0.1) is 5.92 Å². The molecule has 1 aliphatic rings. The van der Waals surface area contributed by atoms with Gasteiger partial charge in [0, 0.05) is 19.5 Å². The topological polar surface area (TPSA) is 66.9 Å². The molecule has 116 valence electrons. The van der Waals surface area contributed by atoms with Crippen molar-refractivity contribution in [3.63, 3.8) is 0 Å². The van der Waals surface area contributed by atoms with Crippen LogP contribution >= 0.6 is 0 Å². The Morgan fingerprint density at radius 3 is 2.67 bits per heavy atom. The van der Waals surface area contributed by atoms with E-state index in [0.717, 1.165) is 6.54 Å². The Morgan fingerprint density at radius 1 is 1.33 bits per heavy atom. The first-order valence-electron chi connectivity index (χ1n) is 7.94. The highest BCUT2D eigenvalue weighted by Crippen LogP contribution is 2.23. The number of rotatable bonds is 5. The van der Waals surface area contributed by atoms with Crippen molar-refractivity contribution < 1.29 is 4.79 Å². The van der Waals surface area contributed by atoms with Gasteiger partial charge in [-0.05, 0) is 18.8 Å². The highest BCUT2D eigenvalue weighted by molar-refractivity contribution is 5.97. The maximum atomic E-state index is 12.4. The number of aromatic nitrogens is 2. The molecule has 1 amide bonds. The van der Waals surface area contributed by atoms with Crippen LogP contribution in [0.1, 0.15) is 68.2 Å². The van der Waals surface area contributed by atoms with Crippen molar-refractivity contribution in [1.29, 1.82) is 0 Å². The average Bonchev–Trinajstić information content (AvgIpc) is 2.52. The van der Waals surface area contributed by atoms with E-state index in [0.29, 0.717) is 23.1 Å². The van der Waals surface area contributed by atoms with Crippen molar-refractivity contribution >= 4 is 11.6 Å². The van der Waals surface area contributed by atoms with Gasteiger partial charge in [-0.2, -0.15) is 0 Å². The van der Waals surface area contributed by atoms with Gasteiger partial charge in [-0.3, -0.25) is 4.79 Å². The van der Waals surface area contributed by atoms with Crippen LogP contribution in [0.4, 0.5) is 5.69 Å². The highest BCUT2D eigenvalue weighted by Gasteiger charge is 2.18. The van der Waals surface area contributed by atoms with Crippen LogP contribution in [0.25, 0.3) is 0 Å². The lowest BCUT2D eigenvalue weighted by molar-refractivity contribution is 0.0939. The van der Waals surface area contributed by atoms with Crippen molar-refractivity contribution in [3.8, 4) is 0 Å². The van der Waals surface area contributed by atoms with Gasteiger partial charge in [-0.25, -0.2) is 9.97 Å². The van der Waals surface area contributed by atoms with E-state index in [2.05, 4.69) is 20.6 Å². The number of carbonyl (C=O) groups excluding carboxylic acids is 1. The molecule has 0 saturated heterocycles. The molecule has 5 heteroatoms. The van der Waals surface area contributed by atoms with Crippen LogP contribution in [0.15, 0.2) is 6.20 Å². The maximum absolute atomic E-state index is 12.4. The molecule has 0 spiro atoms. The van der Waals surface area contributed by atoms with Gasteiger partial charge in [0.25, 0.3) is 5.91 Å². The Bertz CT molecular complexity index is 481. The summed E-state index contributed by atoms with van der Waals surface area (Å²) >= 11 is 0. The molecule has 2 N–H and O–H groups in total. The maximum Gasteiger partial charge on any atom is 0.272 e. The minimum absolute atomic E-state index is 0.103. The highest BCUT2D eigenvalue weighted by atomic mass is 16.1. The summed E-state index contributed by atoms with van der Waals surface area (Å²) in [7, 11) is 1.78. The van der Waals surface area contributed by atoms with E-state index in [1.54, 1.807) is 13.2 Å². The third-order valence-corrected chi connectivity index (χ3v) is 4.08. The third kappa shape index (κ3) is 4.16. The second kappa shape index (κ2) is 7.38. The summed E-state index contributed by atoms with van der Waals surface area (Å²) in [5.74, 6) is 1.43. The van der Waals surface area contributed by atoms with E-state index in [1.165, 1.54) is 32.1 Å². The van der Waals surface area contributed by atoms with Crippen molar-refractivity contribution in [2.75, 3.05) is 18.9 Å².